The SMILES string of the molecule is CNCCCCCc1cc(Cl)ccc1Cl. The second-order valence-corrected chi connectivity index (χ2v) is 4.49. The van der Waals surface area contributed by atoms with Crippen molar-refractivity contribution >= 4 is 23.2 Å². The Bertz CT molecular complexity index is 300. The topological polar surface area (TPSA) is 12.0 Å². The summed E-state index contributed by atoms with van der Waals surface area (Å²) in [5.41, 5.74) is 1.16. The highest BCUT2D eigenvalue weighted by Gasteiger charge is 2.00. The van der Waals surface area contributed by atoms with Crippen molar-refractivity contribution in [1.29, 1.82) is 0 Å². The van der Waals surface area contributed by atoms with E-state index >= 15 is 0 Å². The van der Waals surface area contributed by atoms with Gasteiger partial charge >= 0.3 is 0 Å². The molecule has 0 aliphatic heterocycles. The van der Waals surface area contributed by atoms with E-state index in [1.54, 1.807) is 0 Å². The van der Waals surface area contributed by atoms with E-state index in [4.69, 9.17) is 23.2 Å². The predicted molar refractivity (Wildman–Crippen MR) is 67.9 cm³/mol. The van der Waals surface area contributed by atoms with Crippen LogP contribution in [0.3, 0.4) is 0 Å². The van der Waals surface area contributed by atoms with Crippen molar-refractivity contribution in [3.05, 3.63) is 33.8 Å². The van der Waals surface area contributed by atoms with Gasteiger partial charge in [-0.15, -0.1) is 0 Å². The lowest BCUT2D eigenvalue weighted by molar-refractivity contribution is 0.642. The van der Waals surface area contributed by atoms with Crippen LogP contribution in [0, 0.1) is 0 Å². The van der Waals surface area contributed by atoms with Crippen LogP contribution in [0.25, 0.3) is 0 Å². The fraction of sp³-hybridized carbons (Fsp3) is 0.500. The summed E-state index contributed by atoms with van der Waals surface area (Å²) in [6.07, 6.45) is 4.63. The number of hydrogen-bond acceptors (Lipinski definition) is 1. The summed E-state index contributed by atoms with van der Waals surface area (Å²) in [5, 5.41) is 4.73. The molecule has 3 heteroatoms. The van der Waals surface area contributed by atoms with E-state index in [9.17, 15) is 0 Å². The van der Waals surface area contributed by atoms with Crippen molar-refractivity contribution in [3.8, 4) is 0 Å². The first kappa shape index (κ1) is 12.8. The second-order valence-electron chi connectivity index (χ2n) is 3.65. The van der Waals surface area contributed by atoms with E-state index in [1.165, 1.54) is 19.3 Å². The van der Waals surface area contributed by atoms with Gasteiger partial charge in [-0.3, -0.25) is 0 Å². The minimum absolute atomic E-state index is 0.768. The molecular formula is C12H17Cl2N. The molecule has 0 fully saturated rings. The molecule has 0 bridgehead atoms. The van der Waals surface area contributed by atoms with Crippen molar-refractivity contribution in [1.82, 2.24) is 5.32 Å². The van der Waals surface area contributed by atoms with E-state index in [1.807, 2.05) is 25.2 Å². The first-order chi connectivity index (χ1) is 7.24. The number of rotatable bonds is 6. The van der Waals surface area contributed by atoms with Crippen LogP contribution < -0.4 is 5.32 Å². The van der Waals surface area contributed by atoms with Crippen LogP contribution in [0.5, 0.6) is 0 Å². The number of nitrogens with one attached hydrogen (secondary N) is 1. The smallest absolute Gasteiger partial charge is 0.0439 e. The Morgan fingerprint density at radius 2 is 1.93 bits per heavy atom. The maximum atomic E-state index is 6.07. The standard InChI is InChI=1S/C12H17Cl2N/c1-15-8-4-2-3-5-10-9-11(13)6-7-12(10)14/h6-7,9,15H,2-5,8H2,1H3. The summed E-state index contributed by atoms with van der Waals surface area (Å²) < 4.78 is 0. The zero-order valence-electron chi connectivity index (χ0n) is 9.02. The number of halogens is 2. The van der Waals surface area contributed by atoms with Gasteiger partial charge in [-0.05, 0) is 56.6 Å². The number of hydrogen-bond donors (Lipinski definition) is 1. The van der Waals surface area contributed by atoms with Crippen LogP contribution in [-0.4, -0.2) is 13.6 Å². The summed E-state index contributed by atoms with van der Waals surface area (Å²) in [7, 11) is 1.98. The molecule has 15 heavy (non-hydrogen) atoms. The van der Waals surface area contributed by atoms with Crippen LogP contribution in [0.1, 0.15) is 24.8 Å². The third kappa shape index (κ3) is 4.87. The maximum absolute atomic E-state index is 6.07. The van der Waals surface area contributed by atoms with Crippen molar-refractivity contribution in [2.45, 2.75) is 25.7 Å². The summed E-state index contributed by atoms with van der Waals surface area (Å²) in [4.78, 5) is 0. The van der Waals surface area contributed by atoms with E-state index < -0.39 is 0 Å². The zero-order chi connectivity index (χ0) is 11.1. The fourth-order valence-corrected chi connectivity index (χ4v) is 1.94. The molecular weight excluding hydrogens is 229 g/mol. The normalized spacial score (nSPS) is 10.6. The minimum atomic E-state index is 0.768. The monoisotopic (exact) mass is 245 g/mol. The average Bonchev–Trinajstić information content (AvgIpc) is 2.23. The third-order valence-corrected chi connectivity index (χ3v) is 2.98. The lowest BCUT2D eigenvalue weighted by atomic mass is 10.1. The fourth-order valence-electron chi connectivity index (χ4n) is 1.53. The van der Waals surface area contributed by atoms with Crippen LogP contribution in [0.2, 0.25) is 10.0 Å². The number of benzene rings is 1. The van der Waals surface area contributed by atoms with Gasteiger partial charge in [-0.2, -0.15) is 0 Å². The van der Waals surface area contributed by atoms with Gasteiger partial charge in [-0.25, -0.2) is 0 Å². The highest BCUT2D eigenvalue weighted by atomic mass is 35.5. The summed E-state index contributed by atoms with van der Waals surface area (Å²) in [5.74, 6) is 0. The Balaban J connectivity index is 2.33. The molecule has 1 aromatic rings. The van der Waals surface area contributed by atoms with Crippen LogP contribution in [0.15, 0.2) is 18.2 Å². The van der Waals surface area contributed by atoms with Gasteiger partial charge in [0.2, 0.25) is 0 Å². The molecule has 0 saturated carbocycles. The van der Waals surface area contributed by atoms with Crippen molar-refractivity contribution in [2.75, 3.05) is 13.6 Å². The Labute approximate surface area is 102 Å². The maximum Gasteiger partial charge on any atom is 0.0439 e. The average molecular weight is 246 g/mol. The first-order valence-corrected chi connectivity index (χ1v) is 6.08. The lowest BCUT2D eigenvalue weighted by Crippen LogP contribution is -2.07. The van der Waals surface area contributed by atoms with E-state index in [0.717, 1.165) is 28.6 Å². The van der Waals surface area contributed by atoms with Crippen LogP contribution >= 0.6 is 23.2 Å². The third-order valence-electron chi connectivity index (χ3n) is 2.38. The van der Waals surface area contributed by atoms with Gasteiger partial charge in [0.1, 0.15) is 0 Å². The van der Waals surface area contributed by atoms with Crippen LogP contribution in [-0.2, 0) is 6.42 Å². The molecule has 1 aromatic carbocycles. The van der Waals surface area contributed by atoms with E-state index in [2.05, 4.69) is 5.32 Å². The quantitative estimate of drug-likeness (QED) is 0.750. The predicted octanol–water partition coefficient (Wildman–Crippen LogP) is 3.93. The molecule has 0 heterocycles. The second kappa shape index (κ2) is 7.10. The molecule has 0 saturated heterocycles. The van der Waals surface area contributed by atoms with Gasteiger partial charge in [0.05, 0.1) is 0 Å². The van der Waals surface area contributed by atoms with Crippen molar-refractivity contribution in [2.24, 2.45) is 0 Å². The molecule has 0 spiro atoms. The van der Waals surface area contributed by atoms with Crippen LogP contribution in [0.4, 0.5) is 0 Å². The molecule has 1 N–H and O–H groups in total. The summed E-state index contributed by atoms with van der Waals surface area (Å²) >= 11 is 12.0. The molecule has 0 aliphatic carbocycles. The van der Waals surface area contributed by atoms with E-state index in [0.29, 0.717) is 0 Å². The summed E-state index contributed by atoms with van der Waals surface area (Å²) in [6.45, 7) is 1.09. The zero-order valence-corrected chi connectivity index (χ0v) is 10.5. The summed E-state index contributed by atoms with van der Waals surface area (Å²) in [6, 6.07) is 5.66. The molecule has 1 nitrogen and oxygen atoms in total. The molecule has 0 aromatic heterocycles. The van der Waals surface area contributed by atoms with Gasteiger partial charge in [0, 0.05) is 10.0 Å². The largest absolute Gasteiger partial charge is 0.320 e. The Morgan fingerprint density at radius 1 is 1.13 bits per heavy atom. The molecule has 0 amide bonds. The molecule has 1 rings (SSSR count). The highest BCUT2D eigenvalue weighted by Crippen LogP contribution is 2.22. The molecule has 0 aliphatic rings. The molecule has 0 atom stereocenters. The Kier molecular flexibility index (Phi) is 6.07. The molecule has 0 radical (unpaired) electrons. The highest BCUT2D eigenvalue weighted by molar-refractivity contribution is 6.33. The van der Waals surface area contributed by atoms with Crippen molar-refractivity contribution < 1.29 is 0 Å². The molecule has 84 valence electrons. The Morgan fingerprint density at radius 3 is 2.67 bits per heavy atom. The number of unbranched alkanes of at least 4 members (excludes halogenated alkanes) is 2. The van der Waals surface area contributed by atoms with Crippen molar-refractivity contribution in [3.63, 3.8) is 0 Å². The van der Waals surface area contributed by atoms with Gasteiger partial charge in [0.15, 0.2) is 0 Å². The molecule has 0 unspecified atom stereocenters. The minimum Gasteiger partial charge on any atom is -0.320 e. The first-order valence-electron chi connectivity index (χ1n) is 5.32. The lowest BCUT2D eigenvalue weighted by Gasteiger charge is -2.04. The Hall–Kier alpha value is -0.240. The van der Waals surface area contributed by atoms with Gasteiger partial charge in [-0.1, -0.05) is 29.6 Å². The van der Waals surface area contributed by atoms with Gasteiger partial charge < -0.3 is 5.32 Å². The van der Waals surface area contributed by atoms with E-state index in [-0.39, 0.29) is 0 Å². The van der Waals surface area contributed by atoms with Gasteiger partial charge in [0.25, 0.3) is 0 Å². The number of aryl methyl sites for hydroxylation is 1.